The highest BCUT2D eigenvalue weighted by atomic mass is 32.1. The van der Waals surface area contributed by atoms with Crippen molar-refractivity contribution in [3.8, 4) is 0 Å². The largest absolute Gasteiger partial charge is 0.372 e. The van der Waals surface area contributed by atoms with E-state index in [1.54, 1.807) is 17.6 Å². The van der Waals surface area contributed by atoms with Gasteiger partial charge in [-0.25, -0.2) is 4.98 Å². The van der Waals surface area contributed by atoms with E-state index in [1.165, 1.54) is 27.2 Å². The molecule has 0 radical (unpaired) electrons. The number of hydrogen-bond donors (Lipinski definition) is 0. The van der Waals surface area contributed by atoms with Crippen molar-refractivity contribution in [2.75, 3.05) is 18.0 Å². The van der Waals surface area contributed by atoms with Crippen LogP contribution < -0.4 is 10.5 Å². The molecule has 0 spiro atoms. The Hall–Kier alpha value is -2.47. The van der Waals surface area contributed by atoms with Gasteiger partial charge in [-0.05, 0) is 69.7 Å². The highest BCUT2D eigenvalue weighted by Crippen LogP contribution is 2.33. The molecule has 146 valence electrons. The van der Waals surface area contributed by atoms with Crippen molar-refractivity contribution in [3.63, 3.8) is 0 Å². The van der Waals surface area contributed by atoms with Gasteiger partial charge in [0.25, 0.3) is 5.56 Å². The molecule has 4 rings (SSSR count). The molecule has 3 aromatic rings. The summed E-state index contributed by atoms with van der Waals surface area (Å²) in [5.74, 6) is 0.632. The van der Waals surface area contributed by atoms with Gasteiger partial charge >= 0.3 is 0 Å². The third kappa shape index (κ3) is 3.37. The van der Waals surface area contributed by atoms with Crippen molar-refractivity contribution >= 4 is 33.5 Å². The van der Waals surface area contributed by atoms with Gasteiger partial charge < -0.3 is 4.90 Å². The SMILES string of the molecule is CCN(CC)c1ccc(/C=N/n2c(C)nc3sc4c(c3c2=O)CCCC4)cc1. The Morgan fingerprint density at radius 3 is 2.61 bits per heavy atom. The normalized spacial score (nSPS) is 14.0. The predicted molar refractivity (Wildman–Crippen MR) is 118 cm³/mol. The standard InChI is InChI=1S/C22H26N4OS/c1-4-25(5-2)17-12-10-16(11-13-17)14-23-26-15(3)24-21-20(22(26)27)18-8-6-7-9-19(18)28-21/h10-14H,4-9H2,1-3H3/b23-14+. The fraction of sp³-hybridized carbons (Fsp3) is 0.409. The summed E-state index contributed by atoms with van der Waals surface area (Å²) >= 11 is 1.68. The van der Waals surface area contributed by atoms with Gasteiger partial charge in [0.05, 0.1) is 11.6 Å². The topological polar surface area (TPSA) is 50.5 Å². The van der Waals surface area contributed by atoms with Gasteiger partial charge in [0.1, 0.15) is 10.7 Å². The third-order valence-electron chi connectivity index (χ3n) is 5.47. The van der Waals surface area contributed by atoms with Crippen molar-refractivity contribution in [1.29, 1.82) is 0 Å². The van der Waals surface area contributed by atoms with Crippen LogP contribution in [0.3, 0.4) is 0 Å². The van der Waals surface area contributed by atoms with Crippen LogP contribution in [0.1, 0.15) is 48.5 Å². The maximum atomic E-state index is 13.1. The lowest BCUT2D eigenvalue weighted by molar-refractivity contribution is 0.698. The summed E-state index contributed by atoms with van der Waals surface area (Å²) in [7, 11) is 0. The third-order valence-corrected chi connectivity index (χ3v) is 6.66. The van der Waals surface area contributed by atoms with E-state index >= 15 is 0 Å². The molecule has 5 nitrogen and oxygen atoms in total. The molecular weight excluding hydrogens is 368 g/mol. The Morgan fingerprint density at radius 2 is 1.89 bits per heavy atom. The van der Waals surface area contributed by atoms with E-state index in [2.05, 4.69) is 41.0 Å². The first-order valence-electron chi connectivity index (χ1n) is 10.1. The molecule has 28 heavy (non-hydrogen) atoms. The fourth-order valence-corrected chi connectivity index (χ4v) is 5.22. The molecule has 0 saturated heterocycles. The molecule has 2 aromatic heterocycles. The van der Waals surface area contributed by atoms with Gasteiger partial charge in [-0.1, -0.05) is 12.1 Å². The quantitative estimate of drug-likeness (QED) is 0.604. The molecule has 0 bridgehead atoms. The number of hydrogen-bond acceptors (Lipinski definition) is 5. The summed E-state index contributed by atoms with van der Waals surface area (Å²) in [5, 5.41) is 5.25. The van der Waals surface area contributed by atoms with Crippen LogP contribution in [0, 0.1) is 6.92 Å². The van der Waals surface area contributed by atoms with Gasteiger partial charge in [-0.3, -0.25) is 4.79 Å². The smallest absolute Gasteiger partial charge is 0.283 e. The molecule has 1 aromatic carbocycles. The van der Waals surface area contributed by atoms with Crippen LogP contribution in [0.2, 0.25) is 0 Å². The zero-order chi connectivity index (χ0) is 19.7. The number of aryl methyl sites for hydroxylation is 3. The second-order valence-electron chi connectivity index (χ2n) is 7.18. The van der Waals surface area contributed by atoms with Crippen molar-refractivity contribution in [2.24, 2.45) is 5.10 Å². The molecule has 0 N–H and O–H groups in total. The Morgan fingerprint density at radius 1 is 1.18 bits per heavy atom. The maximum Gasteiger partial charge on any atom is 0.283 e. The van der Waals surface area contributed by atoms with Crippen LogP contribution in [0.5, 0.6) is 0 Å². The molecule has 0 aliphatic heterocycles. The highest BCUT2D eigenvalue weighted by molar-refractivity contribution is 7.18. The van der Waals surface area contributed by atoms with Crippen molar-refractivity contribution < 1.29 is 0 Å². The molecule has 0 unspecified atom stereocenters. The molecule has 2 heterocycles. The Balaban J connectivity index is 1.68. The van der Waals surface area contributed by atoms with Crippen LogP contribution in [0.25, 0.3) is 10.2 Å². The average Bonchev–Trinajstić information content (AvgIpc) is 3.08. The van der Waals surface area contributed by atoms with E-state index < -0.39 is 0 Å². The summed E-state index contributed by atoms with van der Waals surface area (Å²) in [6.07, 6.45) is 6.14. The Labute approximate surface area is 169 Å². The molecule has 0 amide bonds. The summed E-state index contributed by atoms with van der Waals surface area (Å²) < 4.78 is 1.45. The lowest BCUT2D eigenvalue weighted by Crippen LogP contribution is -2.21. The lowest BCUT2D eigenvalue weighted by Gasteiger charge is -2.20. The summed E-state index contributed by atoms with van der Waals surface area (Å²) in [6, 6.07) is 8.27. The second-order valence-corrected chi connectivity index (χ2v) is 8.26. The molecule has 0 fully saturated rings. The summed E-state index contributed by atoms with van der Waals surface area (Å²) in [6.45, 7) is 8.12. The predicted octanol–water partition coefficient (Wildman–Crippen LogP) is 4.37. The van der Waals surface area contributed by atoms with E-state index in [0.29, 0.717) is 5.82 Å². The van der Waals surface area contributed by atoms with E-state index in [1.807, 2.05) is 19.1 Å². The number of benzene rings is 1. The van der Waals surface area contributed by atoms with Crippen LogP contribution in [0.15, 0.2) is 34.2 Å². The first-order chi connectivity index (χ1) is 13.6. The molecule has 0 atom stereocenters. The zero-order valence-corrected chi connectivity index (χ0v) is 17.6. The Kier molecular flexibility index (Phi) is 5.31. The van der Waals surface area contributed by atoms with Gasteiger partial charge in [-0.2, -0.15) is 9.78 Å². The minimum atomic E-state index is -0.0436. The summed E-state index contributed by atoms with van der Waals surface area (Å²) in [5.41, 5.74) is 3.33. The van der Waals surface area contributed by atoms with Gasteiger partial charge in [0.15, 0.2) is 0 Å². The minimum absolute atomic E-state index is 0.0436. The maximum absolute atomic E-state index is 13.1. The second kappa shape index (κ2) is 7.87. The Bertz CT molecular complexity index is 1070. The fourth-order valence-electron chi connectivity index (χ4n) is 3.92. The van der Waals surface area contributed by atoms with Crippen molar-refractivity contribution in [3.05, 3.63) is 56.4 Å². The monoisotopic (exact) mass is 394 g/mol. The first-order valence-corrected chi connectivity index (χ1v) is 10.9. The number of thiophene rings is 1. The minimum Gasteiger partial charge on any atom is -0.372 e. The average molecular weight is 395 g/mol. The lowest BCUT2D eigenvalue weighted by atomic mass is 9.97. The van der Waals surface area contributed by atoms with Crippen LogP contribution in [-0.2, 0) is 12.8 Å². The van der Waals surface area contributed by atoms with Gasteiger partial charge in [-0.15, -0.1) is 11.3 Å². The first kappa shape index (κ1) is 18.9. The van der Waals surface area contributed by atoms with Gasteiger partial charge in [0.2, 0.25) is 0 Å². The molecule has 0 saturated carbocycles. The van der Waals surface area contributed by atoms with E-state index in [-0.39, 0.29) is 5.56 Å². The number of rotatable bonds is 5. The van der Waals surface area contributed by atoms with E-state index in [4.69, 9.17) is 0 Å². The van der Waals surface area contributed by atoms with Crippen LogP contribution in [-0.4, -0.2) is 29.0 Å². The van der Waals surface area contributed by atoms with E-state index in [0.717, 1.165) is 48.1 Å². The highest BCUT2D eigenvalue weighted by Gasteiger charge is 2.21. The molecule has 1 aliphatic rings. The molecule has 6 heteroatoms. The number of nitrogens with zero attached hydrogens (tertiary/aromatic N) is 4. The number of fused-ring (bicyclic) bond motifs is 3. The molecule has 1 aliphatic carbocycles. The van der Waals surface area contributed by atoms with Gasteiger partial charge in [0, 0.05) is 23.7 Å². The number of anilines is 1. The van der Waals surface area contributed by atoms with Crippen molar-refractivity contribution in [1.82, 2.24) is 9.66 Å². The van der Waals surface area contributed by atoms with Crippen LogP contribution in [0.4, 0.5) is 5.69 Å². The van der Waals surface area contributed by atoms with E-state index in [9.17, 15) is 4.79 Å². The summed E-state index contributed by atoms with van der Waals surface area (Å²) in [4.78, 5) is 22.3. The number of aromatic nitrogens is 2. The van der Waals surface area contributed by atoms with Crippen LogP contribution >= 0.6 is 11.3 Å². The zero-order valence-electron chi connectivity index (χ0n) is 16.7. The van der Waals surface area contributed by atoms with Crippen molar-refractivity contribution in [2.45, 2.75) is 46.5 Å². The molecular formula is C22H26N4OS.